The molecule has 0 aliphatic rings. The maximum absolute atomic E-state index is 12.4. The molecule has 1 unspecified atom stereocenters. The predicted molar refractivity (Wildman–Crippen MR) is 88.1 cm³/mol. The molecule has 1 atom stereocenters. The molecular formula is C16H19O3PS. The van der Waals surface area contributed by atoms with Gasteiger partial charge in [-0.2, -0.15) is 0 Å². The van der Waals surface area contributed by atoms with Crippen LogP contribution < -0.4 is 4.52 Å². The van der Waals surface area contributed by atoms with Gasteiger partial charge in [0.25, 0.3) is 0 Å². The van der Waals surface area contributed by atoms with E-state index < -0.39 is 6.80 Å². The van der Waals surface area contributed by atoms with Gasteiger partial charge in [-0.1, -0.05) is 24.3 Å². The summed E-state index contributed by atoms with van der Waals surface area (Å²) >= 11 is 0.885. The zero-order valence-electron chi connectivity index (χ0n) is 12.6. The largest absolute Gasteiger partial charge is 0.442 e. The van der Waals surface area contributed by atoms with Crippen LogP contribution in [-0.4, -0.2) is 4.89 Å². The third-order valence-electron chi connectivity index (χ3n) is 3.11. The Morgan fingerprint density at radius 3 is 2.19 bits per heavy atom. The minimum atomic E-state index is -3.81. The van der Waals surface area contributed by atoms with Gasteiger partial charge in [0.1, 0.15) is 5.75 Å². The molecule has 0 spiro atoms. The molecule has 0 heterocycles. The van der Waals surface area contributed by atoms with Crippen molar-refractivity contribution in [3.8, 4) is 5.75 Å². The number of benzene rings is 2. The summed E-state index contributed by atoms with van der Waals surface area (Å²) in [5, 5.41) is 0. The Hall–Kier alpha value is -1.22. The lowest BCUT2D eigenvalue weighted by Crippen LogP contribution is -1.93. The minimum absolute atomic E-state index is 0.457. The highest BCUT2D eigenvalue weighted by molar-refractivity contribution is 8.55. The number of rotatable bonds is 4. The highest BCUT2D eigenvalue weighted by Crippen LogP contribution is 2.59. The van der Waals surface area contributed by atoms with E-state index in [1.54, 1.807) is 6.07 Å². The topological polar surface area (TPSA) is 46.5 Å². The first-order valence-electron chi connectivity index (χ1n) is 6.63. The maximum atomic E-state index is 12.4. The zero-order valence-corrected chi connectivity index (χ0v) is 14.3. The van der Waals surface area contributed by atoms with E-state index in [1.807, 2.05) is 58.0 Å². The average molecular weight is 322 g/mol. The van der Waals surface area contributed by atoms with E-state index in [0.29, 0.717) is 5.75 Å². The third-order valence-corrected chi connectivity index (χ3v) is 5.92. The Kier molecular flexibility index (Phi) is 4.82. The highest BCUT2D eigenvalue weighted by atomic mass is 32.7. The van der Waals surface area contributed by atoms with Crippen LogP contribution in [0.15, 0.2) is 41.3 Å². The molecule has 0 fully saturated rings. The fourth-order valence-corrected chi connectivity index (χ4v) is 4.75. The van der Waals surface area contributed by atoms with Crippen LogP contribution in [0.3, 0.4) is 0 Å². The number of hydrogen-bond donors (Lipinski definition) is 1. The van der Waals surface area contributed by atoms with E-state index in [2.05, 4.69) is 0 Å². The summed E-state index contributed by atoms with van der Waals surface area (Å²) in [5.41, 5.74) is 3.85. The molecule has 1 N–H and O–H groups in total. The first-order chi connectivity index (χ1) is 9.77. The van der Waals surface area contributed by atoms with Crippen molar-refractivity contribution in [2.75, 3.05) is 0 Å². The van der Waals surface area contributed by atoms with Gasteiger partial charge in [0.05, 0.1) is 0 Å². The summed E-state index contributed by atoms with van der Waals surface area (Å²) in [6, 6.07) is 11.4. The molecule has 0 aromatic heterocycles. The van der Waals surface area contributed by atoms with Gasteiger partial charge in [-0.15, -0.1) is 0 Å². The molecule has 0 amide bonds. The SMILES string of the molecule is Cc1ccc(C)c(OP(=O)(O)Sc2cc(C)ccc2C)c1. The molecule has 0 aliphatic carbocycles. The summed E-state index contributed by atoms with van der Waals surface area (Å²) in [6.45, 7) is 3.84. The molecular weight excluding hydrogens is 303 g/mol. The van der Waals surface area contributed by atoms with Crippen LogP contribution in [0.4, 0.5) is 0 Å². The van der Waals surface area contributed by atoms with Crippen molar-refractivity contribution in [3.63, 3.8) is 0 Å². The van der Waals surface area contributed by atoms with Crippen molar-refractivity contribution in [3.05, 3.63) is 58.7 Å². The summed E-state index contributed by atoms with van der Waals surface area (Å²) in [4.78, 5) is 10.9. The summed E-state index contributed by atoms with van der Waals surface area (Å²) in [7, 11) is 0. The molecule has 0 bridgehead atoms. The van der Waals surface area contributed by atoms with Gasteiger partial charge in [-0.05, 0) is 62.1 Å². The smallest absolute Gasteiger partial charge is 0.417 e. The molecule has 0 aliphatic heterocycles. The van der Waals surface area contributed by atoms with E-state index in [0.717, 1.165) is 38.5 Å². The highest BCUT2D eigenvalue weighted by Gasteiger charge is 2.25. The number of aryl methyl sites for hydroxylation is 4. The molecule has 21 heavy (non-hydrogen) atoms. The van der Waals surface area contributed by atoms with Crippen molar-refractivity contribution in [2.24, 2.45) is 0 Å². The van der Waals surface area contributed by atoms with Gasteiger partial charge in [-0.3, -0.25) is 0 Å². The lowest BCUT2D eigenvalue weighted by Gasteiger charge is -2.16. The lowest BCUT2D eigenvalue weighted by atomic mass is 10.1. The monoisotopic (exact) mass is 322 g/mol. The van der Waals surface area contributed by atoms with Crippen LogP contribution in [0.25, 0.3) is 0 Å². The molecule has 0 saturated heterocycles. The lowest BCUT2D eigenvalue weighted by molar-refractivity contribution is 0.401. The van der Waals surface area contributed by atoms with Crippen molar-refractivity contribution in [1.82, 2.24) is 0 Å². The fraction of sp³-hybridized carbons (Fsp3) is 0.250. The van der Waals surface area contributed by atoms with Gasteiger partial charge in [0.15, 0.2) is 0 Å². The first-order valence-corrected chi connectivity index (χ1v) is 9.63. The average Bonchev–Trinajstić information content (AvgIpc) is 2.37. The van der Waals surface area contributed by atoms with E-state index >= 15 is 0 Å². The molecule has 0 radical (unpaired) electrons. The second-order valence-corrected chi connectivity index (χ2v) is 8.86. The Labute approximate surface area is 129 Å². The van der Waals surface area contributed by atoms with E-state index in [9.17, 15) is 9.46 Å². The van der Waals surface area contributed by atoms with Crippen molar-refractivity contribution < 1.29 is 14.0 Å². The Balaban J connectivity index is 2.24. The van der Waals surface area contributed by atoms with Crippen LogP contribution in [0.5, 0.6) is 5.75 Å². The molecule has 2 aromatic rings. The summed E-state index contributed by atoms with van der Waals surface area (Å²) in [5.74, 6) is 0.457. The van der Waals surface area contributed by atoms with E-state index in [1.165, 1.54) is 0 Å². The van der Waals surface area contributed by atoms with Gasteiger partial charge in [-0.25, -0.2) is 4.57 Å². The Morgan fingerprint density at radius 1 is 0.952 bits per heavy atom. The summed E-state index contributed by atoms with van der Waals surface area (Å²) < 4.78 is 17.8. The van der Waals surface area contributed by atoms with Crippen molar-refractivity contribution in [1.29, 1.82) is 0 Å². The van der Waals surface area contributed by atoms with E-state index in [4.69, 9.17) is 4.52 Å². The van der Waals surface area contributed by atoms with Crippen LogP contribution in [0.1, 0.15) is 22.3 Å². The molecule has 5 heteroatoms. The number of hydrogen-bond acceptors (Lipinski definition) is 3. The standard InChI is InChI=1S/C16H19O3PS/c1-11-5-7-13(3)15(9-11)19-20(17,18)21-16-10-12(2)6-8-14(16)4/h5-10H,1-4H3,(H,17,18). The molecule has 2 aromatic carbocycles. The van der Waals surface area contributed by atoms with Gasteiger partial charge in [0.2, 0.25) is 0 Å². The minimum Gasteiger partial charge on any atom is -0.417 e. The van der Waals surface area contributed by atoms with Crippen LogP contribution in [0.2, 0.25) is 0 Å². The van der Waals surface area contributed by atoms with Gasteiger partial charge in [0, 0.05) is 16.3 Å². The Morgan fingerprint density at radius 2 is 1.52 bits per heavy atom. The van der Waals surface area contributed by atoms with Crippen molar-refractivity contribution in [2.45, 2.75) is 32.6 Å². The van der Waals surface area contributed by atoms with Crippen LogP contribution in [-0.2, 0) is 4.57 Å². The molecule has 3 nitrogen and oxygen atoms in total. The molecule has 0 saturated carbocycles. The first kappa shape index (κ1) is 16.2. The van der Waals surface area contributed by atoms with Crippen molar-refractivity contribution >= 4 is 18.2 Å². The normalized spacial score (nSPS) is 13.8. The van der Waals surface area contributed by atoms with Gasteiger partial charge < -0.3 is 9.42 Å². The summed E-state index contributed by atoms with van der Waals surface area (Å²) in [6.07, 6.45) is 0. The zero-order chi connectivity index (χ0) is 15.6. The van der Waals surface area contributed by atoms with E-state index in [-0.39, 0.29) is 0 Å². The second kappa shape index (κ2) is 6.27. The quantitative estimate of drug-likeness (QED) is 0.787. The van der Waals surface area contributed by atoms with Crippen LogP contribution >= 0.6 is 18.2 Å². The fourth-order valence-electron chi connectivity index (χ4n) is 1.88. The third kappa shape index (κ3) is 4.37. The molecule has 2 rings (SSSR count). The maximum Gasteiger partial charge on any atom is 0.442 e. The van der Waals surface area contributed by atoms with Crippen LogP contribution in [0, 0.1) is 27.7 Å². The van der Waals surface area contributed by atoms with Gasteiger partial charge >= 0.3 is 6.80 Å². The Bertz CT molecular complexity index is 655. The predicted octanol–water partition coefficient (Wildman–Crippen LogP) is 5.19. The second-order valence-electron chi connectivity index (χ2n) is 5.19. The molecule has 112 valence electrons.